The van der Waals surface area contributed by atoms with Gasteiger partial charge in [-0.1, -0.05) is 12.1 Å². The molecule has 31 heavy (non-hydrogen) atoms. The fraction of sp³-hybridized carbons (Fsp3) is 0.429. The SMILES string of the molecule is O=C(Cc1ccccn1)N[C@@H]1CC[C@@H](CCNS(=O)(=O)c2cccc(F)c2)O[C@@H]1CO. The maximum atomic E-state index is 13.3. The molecule has 0 radical (unpaired) electrons. The van der Waals surface area contributed by atoms with Crippen LogP contribution in [0.25, 0.3) is 0 Å². The number of rotatable bonds is 9. The molecule has 2 aromatic rings. The number of pyridine rings is 1. The molecule has 2 heterocycles. The van der Waals surface area contributed by atoms with Crippen molar-refractivity contribution in [3.63, 3.8) is 0 Å². The number of halogens is 1. The molecule has 1 amide bonds. The van der Waals surface area contributed by atoms with E-state index in [4.69, 9.17) is 4.74 Å². The number of carbonyl (C=O) groups is 1. The summed E-state index contributed by atoms with van der Waals surface area (Å²) in [5.74, 6) is -0.826. The Morgan fingerprint density at radius 1 is 1.23 bits per heavy atom. The van der Waals surface area contributed by atoms with E-state index >= 15 is 0 Å². The van der Waals surface area contributed by atoms with Gasteiger partial charge in [0.2, 0.25) is 15.9 Å². The Labute approximate surface area is 180 Å². The molecular weight excluding hydrogens is 425 g/mol. The van der Waals surface area contributed by atoms with Crippen LogP contribution in [-0.4, -0.2) is 55.8 Å². The fourth-order valence-corrected chi connectivity index (χ4v) is 4.58. The van der Waals surface area contributed by atoms with Crippen molar-refractivity contribution >= 4 is 15.9 Å². The third-order valence-corrected chi connectivity index (χ3v) is 6.53. The van der Waals surface area contributed by atoms with Crippen LogP contribution in [0.2, 0.25) is 0 Å². The maximum absolute atomic E-state index is 13.3. The van der Waals surface area contributed by atoms with Crippen LogP contribution in [0.3, 0.4) is 0 Å². The van der Waals surface area contributed by atoms with Gasteiger partial charge in [-0.2, -0.15) is 0 Å². The van der Waals surface area contributed by atoms with Crippen molar-refractivity contribution in [2.75, 3.05) is 13.2 Å². The predicted molar refractivity (Wildman–Crippen MR) is 111 cm³/mol. The van der Waals surface area contributed by atoms with E-state index in [0.29, 0.717) is 25.0 Å². The molecule has 1 saturated heterocycles. The third kappa shape index (κ3) is 6.79. The molecule has 8 nitrogen and oxygen atoms in total. The Morgan fingerprint density at radius 3 is 2.77 bits per heavy atom. The monoisotopic (exact) mass is 451 g/mol. The molecule has 1 fully saturated rings. The minimum Gasteiger partial charge on any atom is -0.394 e. The third-order valence-electron chi connectivity index (χ3n) is 5.07. The summed E-state index contributed by atoms with van der Waals surface area (Å²) < 4.78 is 46.1. The average Bonchev–Trinajstić information content (AvgIpc) is 2.75. The molecular formula is C21H26FN3O5S. The summed E-state index contributed by atoms with van der Waals surface area (Å²) in [6.07, 6.45) is 2.51. The fourth-order valence-electron chi connectivity index (χ4n) is 3.51. The first-order valence-electron chi connectivity index (χ1n) is 10.1. The molecule has 0 aliphatic carbocycles. The molecule has 1 aliphatic rings. The highest BCUT2D eigenvalue weighted by Gasteiger charge is 2.32. The highest BCUT2D eigenvalue weighted by molar-refractivity contribution is 7.89. The number of sulfonamides is 1. The molecule has 0 saturated carbocycles. The smallest absolute Gasteiger partial charge is 0.240 e. The molecule has 1 aromatic heterocycles. The molecule has 168 valence electrons. The average molecular weight is 452 g/mol. The first-order chi connectivity index (χ1) is 14.9. The number of amides is 1. The van der Waals surface area contributed by atoms with E-state index in [1.807, 2.05) is 6.07 Å². The number of aliphatic hydroxyl groups excluding tert-OH is 1. The lowest BCUT2D eigenvalue weighted by Gasteiger charge is -2.36. The van der Waals surface area contributed by atoms with Crippen LogP contribution >= 0.6 is 0 Å². The molecule has 1 aliphatic heterocycles. The molecule has 10 heteroatoms. The number of carbonyl (C=O) groups excluding carboxylic acids is 1. The summed E-state index contributed by atoms with van der Waals surface area (Å²) in [5, 5.41) is 12.6. The normalized spacial score (nSPS) is 21.5. The number of hydrogen-bond acceptors (Lipinski definition) is 6. The number of aromatic nitrogens is 1. The molecule has 0 unspecified atom stereocenters. The second-order valence-electron chi connectivity index (χ2n) is 7.37. The van der Waals surface area contributed by atoms with E-state index in [1.54, 1.807) is 18.3 Å². The summed E-state index contributed by atoms with van der Waals surface area (Å²) >= 11 is 0. The molecule has 3 atom stereocenters. The summed E-state index contributed by atoms with van der Waals surface area (Å²) in [5.41, 5.74) is 0.653. The highest BCUT2D eigenvalue weighted by Crippen LogP contribution is 2.22. The number of benzene rings is 1. The zero-order valence-corrected chi connectivity index (χ0v) is 17.7. The molecule has 3 rings (SSSR count). The zero-order valence-electron chi connectivity index (χ0n) is 16.9. The zero-order chi connectivity index (χ0) is 22.3. The largest absolute Gasteiger partial charge is 0.394 e. The number of nitrogens with one attached hydrogen (secondary N) is 2. The lowest BCUT2D eigenvalue weighted by atomic mass is 9.97. The van der Waals surface area contributed by atoms with Gasteiger partial charge in [0.15, 0.2) is 0 Å². The summed E-state index contributed by atoms with van der Waals surface area (Å²) in [6, 6.07) is 9.81. The van der Waals surface area contributed by atoms with Crippen LogP contribution in [0.4, 0.5) is 4.39 Å². The highest BCUT2D eigenvalue weighted by atomic mass is 32.2. The number of hydrogen-bond donors (Lipinski definition) is 3. The molecule has 3 N–H and O–H groups in total. The predicted octanol–water partition coefficient (Wildman–Crippen LogP) is 1.16. The van der Waals surface area contributed by atoms with Crippen LogP contribution in [0.15, 0.2) is 53.6 Å². The van der Waals surface area contributed by atoms with Gasteiger partial charge in [0.25, 0.3) is 0 Å². The molecule has 0 spiro atoms. The van der Waals surface area contributed by atoms with Gasteiger partial charge in [-0.05, 0) is 49.6 Å². The van der Waals surface area contributed by atoms with Gasteiger partial charge in [0.1, 0.15) is 11.9 Å². The van der Waals surface area contributed by atoms with E-state index in [-0.39, 0.29) is 42.5 Å². The number of nitrogens with zero attached hydrogens (tertiary/aromatic N) is 1. The molecule has 0 bridgehead atoms. The molecule has 1 aromatic carbocycles. The van der Waals surface area contributed by atoms with E-state index in [2.05, 4.69) is 15.0 Å². The van der Waals surface area contributed by atoms with Crippen molar-refractivity contribution in [2.45, 2.75) is 48.8 Å². The topological polar surface area (TPSA) is 118 Å². The lowest BCUT2D eigenvalue weighted by Crippen LogP contribution is -2.51. The number of aliphatic hydroxyl groups is 1. The van der Waals surface area contributed by atoms with Gasteiger partial charge in [-0.25, -0.2) is 17.5 Å². The van der Waals surface area contributed by atoms with Crippen LogP contribution in [0, 0.1) is 5.82 Å². The Balaban J connectivity index is 1.46. The van der Waals surface area contributed by atoms with Gasteiger partial charge in [0.05, 0.1) is 30.1 Å². The first kappa shape index (κ1) is 23.3. The van der Waals surface area contributed by atoms with Gasteiger partial charge < -0.3 is 15.2 Å². The minimum atomic E-state index is -3.82. The van der Waals surface area contributed by atoms with Crippen molar-refractivity contribution in [1.82, 2.24) is 15.0 Å². The van der Waals surface area contributed by atoms with E-state index < -0.39 is 21.9 Å². The van der Waals surface area contributed by atoms with Crippen LogP contribution < -0.4 is 10.0 Å². The lowest BCUT2D eigenvalue weighted by molar-refractivity contribution is -0.127. The van der Waals surface area contributed by atoms with Crippen molar-refractivity contribution in [3.05, 3.63) is 60.2 Å². The van der Waals surface area contributed by atoms with Crippen molar-refractivity contribution in [2.24, 2.45) is 0 Å². The van der Waals surface area contributed by atoms with Gasteiger partial charge in [-0.3, -0.25) is 9.78 Å². The van der Waals surface area contributed by atoms with E-state index in [9.17, 15) is 22.7 Å². The Bertz CT molecular complexity index is 974. The van der Waals surface area contributed by atoms with Gasteiger partial charge in [0, 0.05) is 18.4 Å². The van der Waals surface area contributed by atoms with E-state index in [1.165, 1.54) is 18.2 Å². The number of ether oxygens (including phenoxy) is 1. The Hall–Kier alpha value is -2.40. The van der Waals surface area contributed by atoms with Crippen LogP contribution in [0.1, 0.15) is 25.0 Å². The summed E-state index contributed by atoms with van der Waals surface area (Å²) in [4.78, 5) is 16.3. The Morgan fingerprint density at radius 2 is 2.06 bits per heavy atom. The van der Waals surface area contributed by atoms with Crippen molar-refractivity contribution in [1.29, 1.82) is 0 Å². The summed E-state index contributed by atoms with van der Waals surface area (Å²) in [7, 11) is -3.82. The van der Waals surface area contributed by atoms with Crippen molar-refractivity contribution < 1.29 is 27.4 Å². The van der Waals surface area contributed by atoms with E-state index in [0.717, 1.165) is 6.07 Å². The maximum Gasteiger partial charge on any atom is 0.240 e. The Kier molecular flexibility index (Phi) is 8.08. The van der Waals surface area contributed by atoms with Crippen LogP contribution in [0.5, 0.6) is 0 Å². The van der Waals surface area contributed by atoms with Gasteiger partial charge in [-0.15, -0.1) is 0 Å². The second kappa shape index (κ2) is 10.8. The standard InChI is InChI=1S/C21H26FN3O5S/c22-15-4-3-6-18(12-15)31(28,29)24-11-9-17-7-8-19(20(14-26)30-17)25-21(27)13-16-5-1-2-10-23-16/h1-6,10,12,17,19-20,24,26H,7-9,11,13-14H2,(H,25,27)/t17-,19+,20+/m0/s1. The summed E-state index contributed by atoms with van der Waals surface area (Å²) in [6.45, 7) is -0.154. The van der Waals surface area contributed by atoms with Crippen molar-refractivity contribution in [3.8, 4) is 0 Å². The van der Waals surface area contributed by atoms with Crippen LogP contribution in [-0.2, 0) is 26.0 Å². The first-order valence-corrected chi connectivity index (χ1v) is 11.6. The quantitative estimate of drug-likeness (QED) is 0.527. The second-order valence-corrected chi connectivity index (χ2v) is 9.14. The minimum absolute atomic E-state index is 0.109. The van der Waals surface area contributed by atoms with Gasteiger partial charge >= 0.3 is 0 Å².